The lowest BCUT2D eigenvalue weighted by Crippen LogP contribution is -1.97. The van der Waals surface area contributed by atoms with Gasteiger partial charge in [0.05, 0.1) is 16.9 Å². The Hall–Kier alpha value is -2.02. The highest BCUT2D eigenvalue weighted by Crippen LogP contribution is 2.33. The monoisotopic (exact) mass is 562 g/mol. The predicted molar refractivity (Wildman–Crippen MR) is 167 cm³/mol. The third-order valence-electron chi connectivity index (χ3n) is 5.81. The molecule has 3 heterocycles. The van der Waals surface area contributed by atoms with E-state index in [1.165, 1.54) is 37.6 Å². The first kappa shape index (κ1) is 35.0. The van der Waals surface area contributed by atoms with Crippen LogP contribution in [0.3, 0.4) is 0 Å². The van der Waals surface area contributed by atoms with Crippen LogP contribution in [0.2, 0.25) is 0 Å². The average molecular weight is 563 g/mol. The number of Topliss-reactive ketones (excluding diaryl/α,β-unsaturated/α-hetero) is 1. The van der Waals surface area contributed by atoms with E-state index in [4.69, 9.17) is 9.53 Å². The Labute approximate surface area is 237 Å². The summed E-state index contributed by atoms with van der Waals surface area (Å²) in [5.41, 5.74) is 8.19. The molecule has 0 aliphatic heterocycles. The molecule has 0 aliphatic rings. The number of ether oxygens (including phenoxy) is 1. The molecule has 0 spiro atoms. The van der Waals surface area contributed by atoms with E-state index in [1.807, 2.05) is 18.1 Å². The highest BCUT2D eigenvalue weighted by molar-refractivity contribution is 7.12. The number of rotatable bonds is 6. The molecule has 0 saturated heterocycles. The molecule has 0 aromatic carbocycles. The van der Waals surface area contributed by atoms with Gasteiger partial charge in [0.1, 0.15) is 12.5 Å². The molecule has 37 heavy (non-hydrogen) atoms. The molecule has 3 nitrogen and oxygen atoms in total. The lowest BCUT2D eigenvalue weighted by molar-refractivity contribution is -0.0980. The SMILES string of the molecule is C=C(OC)c1scc(C)c1C(C)C.C=O.CC(=O)c1scc(C)c1C(C)C.Cc1csc(C)c1C(C)C. The Morgan fingerprint density at radius 2 is 1.05 bits per heavy atom. The summed E-state index contributed by atoms with van der Waals surface area (Å²) in [4.78, 5) is 22.8. The molecule has 0 bridgehead atoms. The van der Waals surface area contributed by atoms with Gasteiger partial charge in [0, 0.05) is 4.88 Å². The molecule has 206 valence electrons. The first-order valence-corrected chi connectivity index (χ1v) is 15.1. The first-order valence-electron chi connectivity index (χ1n) is 12.5. The van der Waals surface area contributed by atoms with Crippen LogP contribution in [0, 0.1) is 27.7 Å². The fourth-order valence-corrected chi connectivity index (χ4v) is 7.64. The van der Waals surface area contributed by atoms with Gasteiger partial charge in [-0.05, 0) is 102 Å². The van der Waals surface area contributed by atoms with Crippen LogP contribution in [0.4, 0.5) is 0 Å². The van der Waals surface area contributed by atoms with Gasteiger partial charge in [-0.1, -0.05) is 48.1 Å². The maximum atomic E-state index is 11.2. The topological polar surface area (TPSA) is 43.4 Å². The number of carbonyl (C=O) groups excluding carboxylic acids is 2. The quantitative estimate of drug-likeness (QED) is 0.222. The summed E-state index contributed by atoms with van der Waals surface area (Å²) in [6.45, 7) is 29.3. The van der Waals surface area contributed by atoms with E-state index < -0.39 is 0 Å². The minimum Gasteiger partial charge on any atom is -0.496 e. The largest absolute Gasteiger partial charge is 0.496 e. The molecule has 3 rings (SSSR count). The third kappa shape index (κ3) is 9.99. The highest BCUT2D eigenvalue weighted by Gasteiger charge is 2.15. The molecule has 0 atom stereocenters. The lowest BCUT2D eigenvalue weighted by atomic mass is 9.99. The van der Waals surface area contributed by atoms with Gasteiger partial charge in [-0.15, -0.1) is 34.0 Å². The minimum absolute atomic E-state index is 0.191. The van der Waals surface area contributed by atoms with E-state index >= 15 is 0 Å². The van der Waals surface area contributed by atoms with Crippen LogP contribution in [0.25, 0.3) is 5.76 Å². The number of carbonyl (C=O) groups is 2. The molecular weight excluding hydrogens is 517 g/mol. The summed E-state index contributed by atoms with van der Waals surface area (Å²) in [5, 5.41) is 6.46. The molecule has 3 aromatic heterocycles. The smallest absolute Gasteiger partial charge is 0.170 e. The van der Waals surface area contributed by atoms with E-state index in [1.54, 1.807) is 42.3 Å². The van der Waals surface area contributed by atoms with Gasteiger partial charge in [0.25, 0.3) is 0 Å². The second kappa shape index (κ2) is 16.7. The zero-order valence-electron chi connectivity index (χ0n) is 24.8. The first-order chi connectivity index (χ1) is 17.2. The number of thiophene rings is 3. The lowest BCUT2D eigenvalue weighted by Gasteiger charge is -2.09. The van der Waals surface area contributed by atoms with Gasteiger partial charge in [0.15, 0.2) is 5.78 Å². The van der Waals surface area contributed by atoms with Gasteiger partial charge < -0.3 is 9.53 Å². The fourth-order valence-electron chi connectivity index (χ4n) is 4.37. The van der Waals surface area contributed by atoms with Gasteiger partial charge in [0.2, 0.25) is 0 Å². The summed E-state index contributed by atoms with van der Waals surface area (Å²) in [7, 11) is 1.67. The van der Waals surface area contributed by atoms with Crippen molar-refractivity contribution in [1.29, 1.82) is 0 Å². The van der Waals surface area contributed by atoms with Gasteiger partial charge in [-0.2, -0.15) is 0 Å². The van der Waals surface area contributed by atoms with Crippen molar-refractivity contribution >= 4 is 52.3 Å². The maximum Gasteiger partial charge on any atom is 0.170 e. The van der Waals surface area contributed by atoms with Crippen molar-refractivity contribution in [2.75, 3.05) is 7.11 Å². The molecule has 6 heteroatoms. The Morgan fingerprint density at radius 1 is 0.703 bits per heavy atom. The Morgan fingerprint density at radius 3 is 1.32 bits per heavy atom. The Bertz CT molecular complexity index is 1110. The van der Waals surface area contributed by atoms with Crippen molar-refractivity contribution < 1.29 is 14.3 Å². The second-order valence-electron chi connectivity index (χ2n) is 9.86. The number of ketones is 1. The summed E-state index contributed by atoms with van der Waals surface area (Å²) in [6, 6.07) is 0. The van der Waals surface area contributed by atoms with Crippen LogP contribution in [0.15, 0.2) is 22.7 Å². The summed E-state index contributed by atoms with van der Waals surface area (Å²) < 4.78 is 5.16. The number of hydrogen-bond acceptors (Lipinski definition) is 6. The van der Waals surface area contributed by atoms with E-state index in [9.17, 15) is 4.79 Å². The Balaban J connectivity index is 0.000000511. The predicted octanol–water partition coefficient (Wildman–Crippen LogP) is 10.5. The van der Waals surface area contributed by atoms with E-state index in [-0.39, 0.29) is 5.78 Å². The van der Waals surface area contributed by atoms with Gasteiger partial charge >= 0.3 is 0 Å². The van der Waals surface area contributed by atoms with E-state index in [0.29, 0.717) is 17.8 Å². The summed E-state index contributed by atoms with van der Waals surface area (Å²) in [6.07, 6.45) is 0. The van der Waals surface area contributed by atoms with Crippen molar-refractivity contribution in [3.8, 4) is 0 Å². The standard InChI is InChI=1S/C11H16OS.C10H14OS.C9H14S.CH2O/c1-7(2)10-8(3)6-13-11(10)9(4)12-5;1-6(2)9-7(3)5-12-10(9)8(4)11;1-6(2)9-7(3)5-10-8(9)4;1-2/h6-7H,4H2,1-3,5H3;5-6H,1-4H3;5-6H,1-4H3;1H2. The number of hydrogen-bond donors (Lipinski definition) is 0. The van der Waals surface area contributed by atoms with Crippen molar-refractivity contribution in [3.05, 3.63) is 70.7 Å². The molecule has 0 amide bonds. The molecule has 0 saturated carbocycles. The van der Waals surface area contributed by atoms with Gasteiger partial charge in [-0.3, -0.25) is 4.79 Å². The van der Waals surface area contributed by atoms with Crippen LogP contribution in [0.5, 0.6) is 0 Å². The van der Waals surface area contributed by atoms with Crippen LogP contribution < -0.4 is 0 Å². The molecule has 0 fully saturated rings. The van der Waals surface area contributed by atoms with Crippen molar-refractivity contribution in [2.24, 2.45) is 0 Å². The summed E-state index contributed by atoms with van der Waals surface area (Å²) >= 11 is 5.14. The van der Waals surface area contributed by atoms with Crippen LogP contribution in [0.1, 0.15) is 119 Å². The number of methoxy groups -OCH3 is 1. The van der Waals surface area contributed by atoms with Crippen LogP contribution >= 0.6 is 34.0 Å². The second-order valence-corrected chi connectivity index (χ2v) is 12.7. The number of aryl methyl sites for hydroxylation is 4. The third-order valence-corrected chi connectivity index (χ3v) is 9.23. The Kier molecular flexibility index (Phi) is 15.8. The van der Waals surface area contributed by atoms with Crippen LogP contribution in [-0.4, -0.2) is 19.7 Å². The van der Waals surface area contributed by atoms with E-state index in [2.05, 4.69) is 92.0 Å². The highest BCUT2D eigenvalue weighted by atomic mass is 32.1. The normalized spacial score (nSPS) is 10.2. The molecule has 0 unspecified atom stereocenters. The van der Waals surface area contributed by atoms with Gasteiger partial charge in [-0.25, -0.2) is 0 Å². The molecule has 0 aliphatic carbocycles. The zero-order valence-corrected chi connectivity index (χ0v) is 27.3. The molecule has 3 aromatic rings. The minimum atomic E-state index is 0.191. The molecule has 0 radical (unpaired) electrons. The molecular formula is C31H46O3S3. The summed E-state index contributed by atoms with van der Waals surface area (Å²) in [5.74, 6) is 2.65. The van der Waals surface area contributed by atoms with Crippen molar-refractivity contribution in [3.63, 3.8) is 0 Å². The molecule has 0 N–H and O–H groups in total. The van der Waals surface area contributed by atoms with E-state index in [0.717, 1.165) is 10.6 Å². The zero-order chi connectivity index (χ0) is 29.0. The maximum absolute atomic E-state index is 11.2. The fraction of sp³-hybridized carbons (Fsp3) is 0.484. The van der Waals surface area contributed by atoms with Crippen molar-refractivity contribution in [1.82, 2.24) is 0 Å². The van der Waals surface area contributed by atoms with Crippen molar-refractivity contribution in [2.45, 2.75) is 93.9 Å². The average Bonchev–Trinajstić information content (AvgIpc) is 3.51. The van der Waals surface area contributed by atoms with Crippen LogP contribution in [-0.2, 0) is 9.53 Å².